The Morgan fingerprint density at radius 1 is 1.10 bits per heavy atom. The van der Waals surface area contributed by atoms with Crippen molar-refractivity contribution in [3.05, 3.63) is 71.5 Å². The van der Waals surface area contributed by atoms with E-state index in [2.05, 4.69) is 55.3 Å². The first-order chi connectivity index (χ1) is 14.6. The van der Waals surface area contributed by atoms with Crippen LogP contribution in [0.1, 0.15) is 63.0 Å². The molecule has 3 heteroatoms. The molecule has 2 aromatic rings. The van der Waals surface area contributed by atoms with Gasteiger partial charge in [0.15, 0.2) is 0 Å². The first kappa shape index (κ1) is 22.5. The van der Waals surface area contributed by atoms with E-state index in [-0.39, 0.29) is 5.82 Å². The topological polar surface area (TPSA) is 27.0 Å². The minimum atomic E-state index is -0.502. The quantitative estimate of drug-likeness (QED) is 0.450. The van der Waals surface area contributed by atoms with Gasteiger partial charge in [0.05, 0.1) is 11.5 Å². The maximum absolute atomic E-state index is 13.6. The lowest BCUT2D eigenvalue weighted by molar-refractivity contribution is 0.201. The van der Waals surface area contributed by atoms with E-state index in [1.807, 2.05) is 12.1 Å². The average molecular weight is 407 g/mol. The number of halogens is 1. The normalized spacial score (nSPS) is 17.6. The van der Waals surface area contributed by atoms with Gasteiger partial charge in [0, 0.05) is 12.6 Å². The fourth-order valence-corrected chi connectivity index (χ4v) is 5.22. The average Bonchev–Trinajstić information content (AvgIpc) is 3.32. The van der Waals surface area contributed by atoms with E-state index < -0.39 is 5.41 Å². The summed E-state index contributed by atoms with van der Waals surface area (Å²) in [7, 11) is 2.21. The standard InChI is InChI=1S/C27H35FN2/c1-3-26(30(2)20-18-22-9-5-4-6-10-22)17-19-27(21-29,23-11-7-8-12-23)24-13-15-25(28)16-14-24/h4-6,9-10,13-16,23,26H,3,7-8,11-12,17-20H2,1-2H3. The van der Waals surface area contributed by atoms with Gasteiger partial charge in [0.1, 0.15) is 5.82 Å². The lowest BCUT2D eigenvalue weighted by Gasteiger charge is -2.36. The van der Waals surface area contributed by atoms with E-state index >= 15 is 0 Å². The van der Waals surface area contributed by atoms with Crippen LogP contribution in [-0.4, -0.2) is 24.5 Å². The number of rotatable bonds is 10. The third-order valence-electron chi connectivity index (χ3n) is 7.17. The summed E-state index contributed by atoms with van der Waals surface area (Å²) in [5, 5.41) is 10.4. The van der Waals surface area contributed by atoms with Crippen molar-refractivity contribution in [2.45, 2.75) is 69.7 Å². The number of hydrogen-bond acceptors (Lipinski definition) is 2. The van der Waals surface area contributed by atoms with Gasteiger partial charge in [-0.25, -0.2) is 4.39 Å². The van der Waals surface area contributed by atoms with Crippen LogP contribution in [0.5, 0.6) is 0 Å². The number of hydrogen-bond donors (Lipinski definition) is 0. The summed E-state index contributed by atoms with van der Waals surface area (Å²) < 4.78 is 13.6. The summed E-state index contributed by atoms with van der Waals surface area (Å²) in [5.74, 6) is 0.143. The highest BCUT2D eigenvalue weighted by Gasteiger charge is 2.42. The predicted octanol–water partition coefficient (Wildman–Crippen LogP) is 6.51. The molecule has 2 unspecified atom stereocenters. The Morgan fingerprint density at radius 3 is 2.37 bits per heavy atom. The molecule has 3 rings (SSSR count). The third kappa shape index (κ3) is 5.29. The third-order valence-corrected chi connectivity index (χ3v) is 7.17. The van der Waals surface area contributed by atoms with E-state index in [1.165, 1.54) is 30.5 Å². The van der Waals surface area contributed by atoms with Crippen molar-refractivity contribution in [3.8, 4) is 6.07 Å². The molecular formula is C27H35FN2. The molecule has 1 aliphatic rings. The zero-order chi connectivity index (χ0) is 21.4. The number of benzene rings is 2. The summed E-state index contributed by atoms with van der Waals surface area (Å²) in [6.45, 7) is 3.26. The zero-order valence-electron chi connectivity index (χ0n) is 18.5. The van der Waals surface area contributed by atoms with Crippen molar-refractivity contribution in [1.82, 2.24) is 4.90 Å². The summed E-state index contributed by atoms with van der Waals surface area (Å²) in [4.78, 5) is 2.45. The second kappa shape index (κ2) is 10.7. The molecule has 160 valence electrons. The summed E-state index contributed by atoms with van der Waals surface area (Å²) in [5.41, 5.74) is 1.86. The molecule has 2 atom stereocenters. The van der Waals surface area contributed by atoms with Gasteiger partial charge in [0.2, 0.25) is 0 Å². The maximum atomic E-state index is 13.6. The summed E-state index contributed by atoms with van der Waals surface area (Å²) >= 11 is 0. The van der Waals surface area contributed by atoms with Gasteiger partial charge in [-0.05, 0) is 74.8 Å². The van der Waals surface area contributed by atoms with E-state index in [9.17, 15) is 9.65 Å². The highest BCUT2D eigenvalue weighted by Crippen LogP contribution is 2.45. The van der Waals surface area contributed by atoms with E-state index in [0.717, 1.165) is 50.6 Å². The van der Waals surface area contributed by atoms with Crippen LogP contribution in [0.15, 0.2) is 54.6 Å². The molecule has 2 nitrogen and oxygen atoms in total. The molecule has 0 amide bonds. The summed E-state index contributed by atoms with van der Waals surface area (Å²) in [6.07, 6.45) is 8.54. The number of nitriles is 1. The maximum Gasteiger partial charge on any atom is 0.123 e. The monoisotopic (exact) mass is 406 g/mol. The molecule has 0 saturated heterocycles. The van der Waals surface area contributed by atoms with Crippen molar-refractivity contribution in [3.63, 3.8) is 0 Å². The molecule has 0 radical (unpaired) electrons. The minimum Gasteiger partial charge on any atom is -0.303 e. The van der Waals surface area contributed by atoms with Gasteiger partial charge in [0.25, 0.3) is 0 Å². The molecule has 0 aliphatic heterocycles. The van der Waals surface area contributed by atoms with Crippen LogP contribution in [0.3, 0.4) is 0 Å². The van der Waals surface area contributed by atoms with Gasteiger partial charge >= 0.3 is 0 Å². The molecule has 0 N–H and O–H groups in total. The highest BCUT2D eigenvalue weighted by atomic mass is 19.1. The molecule has 30 heavy (non-hydrogen) atoms. The Labute approximate surface area is 181 Å². The molecule has 1 saturated carbocycles. The fourth-order valence-electron chi connectivity index (χ4n) is 5.22. The molecule has 1 aliphatic carbocycles. The molecule has 0 spiro atoms. The van der Waals surface area contributed by atoms with Gasteiger partial charge < -0.3 is 4.90 Å². The van der Waals surface area contributed by atoms with Crippen LogP contribution in [-0.2, 0) is 11.8 Å². The van der Waals surface area contributed by atoms with Crippen LogP contribution >= 0.6 is 0 Å². The molecule has 0 bridgehead atoms. The van der Waals surface area contributed by atoms with Crippen molar-refractivity contribution in [2.24, 2.45) is 5.92 Å². The Bertz CT molecular complexity index is 805. The first-order valence-electron chi connectivity index (χ1n) is 11.5. The second-order valence-corrected chi connectivity index (χ2v) is 8.89. The number of nitrogens with zero attached hydrogens (tertiary/aromatic N) is 2. The minimum absolute atomic E-state index is 0.232. The van der Waals surface area contributed by atoms with Crippen molar-refractivity contribution >= 4 is 0 Å². The SMILES string of the molecule is CCC(CCC(C#N)(c1ccc(F)cc1)C1CCCC1)N(C)CCc1ccccc1. The first-order valence-corrected chi connectivity index (χ1v) is 11.5. The Kier molecular flexibility index (Phi) is 8.05. The molecular weight excluding hydrogens is 371 g/mol. The van der Waals surface area contributed by atoms with Crippen molar-refractivity contribution in [1.29, 1.82) is 5.26 Å². The number of likely N-dealkylation sites (N-methyl/N-ethyl adjacent to an activating group) is 1. The van der Waals surface area contributed by atoms with Crippen LogP contribution in [0, 0.1) is 23.1 Å². The van der Waals surface area contributed by atoms with Gasteiger partial charge in [-0.15, -0.1) is 0 Å². The van der Waals surface area contributed by atoms with Crippen LogP contribution in [0.25, 0.3) is 0 Å². The van der Waals surface area contributed by atoms with Crippen molar-refractivity contribution < 1.29 is 4.39 Å². The van der Waals surface area contributed by atoms with Crippen molar-refractivity contribution in [2.75, 3.05) is 13.6 Å². The Morgan fingerprint density at radius 2 is 1.77 bits per heavy atom. The van der Waals surface area contributed by atoms with E-state index in [4.69, 9.17) is 0 Å². The van der Waals surface area contributed by atoms with Gasteiger partial charge in [-0.1, -0.05) is 62.2 Å². The second-order valence-electron chi connectivity index (χ2n) is 8.89. The van der Waals surface area contributed by atoms with E-state index in [0.29, 0.717) is 12.0 Å². The lowest BCUT2D eigenvalue weighted by atomic mass is 9.67. The largest absolute Gasteiger partial charge is 0.303 e. The van der Waals surface area contributed by atoms with E-state index in [1.54, 1.807) is 0 Å². The Balaban J connectivity index is 1.71. The zero-order valence-corrected chi connectivity index (χ0v) is 18.5. The van der Waals surface area contributed by atoms with Crippen LogP contribution < -0.4 is 0 Å². The molecule has 1 fully saturated rings. The van der Waals surface area contributed by atoms with Crippen LogP contribution in [0.4, 0.5) is 4.39 Å². The van der Waals surface area contributed by atoms with Gasteiger partial charge in [-0.2, -0.15) is 5.26 Å². The molecule has 2 aromatic carbocycles. The Hall–Kier alpha value is -2.18. The smallest absolute Gasteiger partial charge is 0.123 e. The summed E-state index contributed by atoms with van der Waals surface area (Å²) in [6, 6.07) is 20.5. The fraction of sp³-hybridized carbons (Fsp3) is 0.519. The van der Waals surface area contributed by atoms with Crippen LogP contribution in [0.2, 0.25) is 0 Å². The molecule has 0 aromatic heterocycles. The highest BCUT2D eigenvalue weighted by molar-refractivity contribution is 5.34. The van der Waals surface area contributed by atoms with Gasteiger partial charge in [-0.3, -0.25) is 0 Å². The molecule has 0 heterocycles. The predicted molar refractivity (Wildman–Crippen MR) is 122 cm³/mol. The lowest BCUT2D eigenvalue weighted by Crippen LogP contribution is -2.38.